The molecule has 2 heterocycles. The van der Waals surface area contributed by atoms with Crippen LogP contribution >= 0.6 is 0 Å². The largest absolute Gasteiger partial charge is 0.356 e. The van der Waals surface area contributed by atoms with E-state index in [1.54, 1.807) is 0 Å². The fourth-order valence-corrected chi connectivity index (χ4v) is 2.94. The molecular weight excluding hydrogens is 312 g/mol. The minimum absolute atomic E-state index is 0.826. The number of guanidine groups is 1. The Morgan fingerprint density at radius 1 is 1.28 bits per heavy atom. The number of hydrogen-bond acceptors (Lipinski definition) is 2. The SMILES string of the molecule is CN=C(NCCCc1nc2ccccc2[nH]1)N(C)Cc1cccn1C. The molecule has 0 aliphatic heterocycles. The highest BCUT2D eigenvalue weighted by molar-refractivity contribution is 5.79. The second-order valence-corrected chi connectivity index (χ2v) is 6.24. The van der Waals surface area contributed by atoms with Gasteiger partial charge in [-0.25, -0.2) is 4.98 Å². The topological polar surface area (TPSA) is 61.2 Å². The summed E-state index contributed by atoms with van der Waals surface area (Å²) in [5.74, 6) is 1.95. The summed E-state index contributed by atoms with van der Waals surface area (Å²) < 4.78 is 2.13. The molecule has 6 heteroatoms. The Hall–Kier alpha value is -2.76. The molecule has 0 atom stereocenters. The van der Waals surface area contributed by atoms with Gasteiger partial charge in [0.25, 0.3) is 0 Å². The van der Waals surface area contributed by atoms with E-state index in [2.05, 4.69) is 68.2 Å². The summed E-state index contributed by atoms with van der Waals surface area (Å²) in [7, 11) is 5.94. The van der Waals surface area contributed by atoms with E-state index >= 15 is 0 Å². The number of hydrogen-bond donors (Lipinski definition) is 2. The third-order valence-electron chi connectivity index (χ3n) is 4.34. The fraction of sp³-hybridized carbons (Fsp3) is 0.368. The average Bonchev–Trinajstić information content (AvgIpc) is 3.20. The molecule has 25 heavy (non-hydrogen) atoms. The van der Waals surface area contributed by atoms with Crippen molar-refractivity contribution < 1.29 is 0 Å². The second kappa shape index (κ2) is 7.88. The molecule has 0 aliphatic rings. The molecule has 0 unspecified atom stereocenters. The molecule has 3 aromatic rings. The molecule has 0 radical (unpaired) electrons. The van der Waals surface area contributed by atoms with Gasteiger partial charge in [0, 0.05) is 46.0 Å². The monoisotopic (exact) mass is 338 g/mol. The zero-order chi connectivity index (χ0) is 17.6. The number of aromatic nitrogens is 3. The first-order valence-corrected chi connectivity index (χ1v) is 8.63. The number of aryl methyl sites for hydroxylation is 2. The highest BCUT2D eigenvalue weighted by Crippen LogP contribution is 2.11. The lowest BCUT2D eigenvalue weighted by Crippen LogP contribution is -2.39. The van der Waals surface area contributed by atoms with Crippen LogP contribution in [0.15, 0.2) is 47.6 Å². The maximum absolute atomic E-state index is 4.62. The number of fused-ring (bicyclic) bond motifs is 1. The molecule has 132 valence electrons. The lowest BCUT2D eigenvalue weighted by molar-refractivity contribution is 0.461. The highest BCUT2D eigenvalue weighted by Gasteiger charge is 2.08. The van der Waals surface area contributed by atoms with E-state index in [0.717, 1.165) is 48.7 Å². The number of aliphatic imine (C=N–C) groups is 1. The van der Waals surface area contributed by atoms with Crippen LogP contribution in [0, 0.1) is 0 Å². The summed E-state index contributed by atoms with van der Waals surface area (Å²) in [5, 5.41) is 3.43. The summed E-state index contributed by atoms with van der Waals surface area (Å²) in [6.07, 6.45) is 3.98. The second-order valence-electron chi connectivity index (χ2n) is 6.24. The van der Waals surface area contributed by atoms with Gasteiger partial charge in [0.1, 0.15) is 5.82 Å². The molecule has 0 spiro atoms. The first-order chi connectivity index (χ1) is 12.2. The summed E-state index contributed by atoms with van der Waals surface area (Å²) in [6, 6.07) is 12.3. The number of aromatic amines is 1. The van der Waals surface area contributed by atoms with E-state index in [9.17, 15) is 0 Å². The van der Waals surface area contributed by atoms with Gasteiger partial charge in [-0.1, -0.05) is 12.1 Å². The fourth-order valence-electron chi connectivity index (χ4n) is 2.94. The predicted molar refractivity (Wildman–Crippen MR) is 103 cm³/mol. The maximum Gasteiger partial charge on any atom is 0.193 e. The van der Waals surface area contributed by atoms with Crippen LogP contribution in [0.25, 0.3) is 11.0 Å². The smallest absolute Gasteiger partial charge is 0.193 e. The van der Waals surface area contributed by atoms with E-state index in [4.69, 9.17) is 0 Å². The van der Waals surface area contributed by atoms with Crippen LogP contribution in [-0.2, 0) is 20.0 Å². The van der Waals surface area contributed by atoms with Gasteiger partial charge >= 0.3 is 0 Å². The molecule has 1 aromatic carbocycles. The normalized spacial score (nSPS) is 11.9. The number of H-pyrrole nitrogens is 1. The van der Waals surface area contributed by atoms with Crippen LogP contribution in [0.3, 0.4) is 0 Å². The number of imidazole rings is 1. The summed E-state index contributed by atoms with van der Waals surface area (Å²) in [4.78, 5) is 14.5. The van der Waals surface area contributed by atoms with Gasteiger partial charge in [-0.3, -0.25) is 4.99 Å². The van der Waals surface area contributed by atoms with Crippen LogP contribution in [-0.4, -0.2) is 46.0 Å². The Morgan fingerprint density at radius 2 is 2.12 bits per heavy atom. The van der Waals surface area contributed by atoms with Crippen molar-refractivity contribution in [1.29, 1.82) is 0 Å². The standard InChI is InChI=1S/C19H26N6/c1-20-19(25(3)14-15-8-7-13-24(15)2)21-12-6-11-18-22-16-9-4-5-10-17(16)23-18/h4-5,7-10,13H,6,11-12,14H2,1-3H3,(H,20,21)(H,22,23). The Kier molecular flexibility index (Phi) is 5.38. The highest BCUT2D eigenvalue weighted by atomic mass is 15.3. The first-order valence-electron chi connectivity index (χ1n) is 8.63. The van der Waals surface area contributed by atoms with E-state index in [0.29, 0.717) is 0 Å². The van der Waals surface area contributed by atoms with Crippen molar-refractivity contribution in [2.75, 3.05) is 20.6 Å². The van der Waals surface area contributed by atoms with E-state index in [-0.39, 0.29) is 0 Å². The number of nitrogens with one attached hydrogen (secondary N) is 2. The quantitative estimate of drug-likeness (QED) is 0.412. The van der Waals surface area contributed by atoms with Crippen LogP contribution in [0.2, 0.25) is 0 Å². The third kappa shape index (κ3) is 4.21. The molecular formula is C19H26N6. The van der Waals surface area contributed by atoms with Crippen LogP contribution in [0.4, 0.5) is 0 Å². The van der Waals surface area contributed by atoms with Gasteiger partial charge in [0.05, 0.1) is 17.6 Å². The van der Waals surface area contributed by atoms with E-state index in [1.807, 2.05) is 25.2 Å². The van der Waals surface area contributed by atoms with Crippen molar-refractivity contribution in [3.05, 3.63) is 54.1 Å². The van der Waals surface area contributed by atoms with Crippen molar-refractivity contribution in [3.8, 4) is 0 Å². The molecule has 0 fully saturated rings. The molecule has 2 aromatic heterocycles. The number of nitrogens with zero attached hydrogens (tertiary/aromatic N) is 4. The molecule has 0 saturated carbocycles. The lowest BCUT2D eigenvalue weighted by atomic mass is 10.3. The van der Waals surface area contributed by atoms with Gasteiger partial charge in [-0.2, -0.15) is 0 Å². The van der Waals surface area contributed by atoms with E-state index in [1.165, 1.54) is 5.69 Å². The van der Waals surface area contributed by atoms with Gasteiger partial charge in [-0.05, 0) is 30.7 Å². The van der Waals surface area contributed by atoms with Crippen LogP contribution in [0.1, 0.15) is 17.9 Å². The molecule has 6 nitrogen and oxygen atoms in total. The van der Waals surface area contributed by atoms with E-state index < -0.39 is 0 Å². The van der Waals surface area contributed by atoms with Gasteiger partial charge in [-0.15, -0.1) is 0 Å². The Morgan fingerprint density at radius 3 is 2.84 bits per heavy atom. The maximum atomic E-state index is 4.62. The van der Waals surface area contributed by atoms with Crippen LogP contribution in [0.5, 0.6) is 0 Å². The predicted octanol–water partition coefficient (Wildman–Crippen LogP) is 2.54. The molecule has 0 aliphatic carbocycles. The van der Waals surface area contributed by atoms with Crippen molar-refractivity contribution in [2.45, 2.75) is 19.4 Å². The zero-order valence-electron chi connectivity index (χ0n) is 15.2. The molecule has 2 N–H and O–H groups in total. The van der Waals surface area contributed by atoms with Crippen molar-refractivity contribution in [2.24, 2.45) is 12.0 Å². The average molecular weight is 338 g/mol. The Labute approximate surface area is 148 Å². The summed E-state index contributed by atoms with van der Waals surface area (Å²) >= 11 is 0. The number of para-hydroxylation sites is 2. The minimum Gasteiger partial charge on any atom is -0.356 e. The minimum atomic E-state index is 0.826. The van der Waals surface area contributed by atoms with Crippen molar-refractivity contribution >= 4 is 17.0 Å². The Bertz CT molecular complexity index is 811. The van der Waals surface area contributed by atoms with Crippen molar-refractivity contribution in [1.82, 2.24) is 24.8 Å². The Balaban J connectivity index is 1.47. The van der Waals surface area contributed by atoms with Gasteiger partial charge in [0.2, 0.25) is 0 Å². The molecule has 0 amide bonds. The van der Waals surface area contributed by atoms with Gasteiger partial charge in [0.15, 0.2) is 5.96 Å². The summed E-state index contributed by atoms with van der Waals surface area (Å²) in [6.45, 7) is 1.69. The zero-order valence-corrected chi connectivity index (χ0v) is 15.2. The number of rotatable bonds is 6. The van der Waals surface area contributed by atoms with Crippen LogP contribution < -0.4 is 5.32 Å². The molecule has 3 rings (SSSR count). The number of benzene rings is 1. The lowest BCUT2D eigenvalue weighted by Gasteiger charge is -2.22. The molecule has 0 saturated heterocycles. The molecule has 0 bridgehead atoms. The third-order valence-corrected chi connectivity index (χ3v) is 4.34. The van der Waals surface area contributed by atoms with Crippen molar-refractivity contribution in [3.63, 3.8) is 0 Å². The van der Waals surface area contributed by atoms with Gasteiger partial charge < -0.3 is 19.8 Å². The summed E-state index contributed by atoms with van der Waals surface area (Å²) in [5.41, 5.74) is 3.39. The first kappa shape index (κ1) is 17.1.